The van der Waals surface area contributed by atoms with Crippen molar-refractivity contribution in [1.82, 2.24) is 24.6 Å². The van der Waals surface area contributed by atoms with E-state index in [1.165, 1.54) is 62.1 Å². The van der Waals surface area contributed by atoms with E-state index in [9.17, 15) is 19.6 Å². The van der Waals surface area contributed by atoms with Gasteiger partial charge in [-0.2, -0.15) is 10.1 Å². The minimum absolute atomic E-state index is 0.0164. The Morgan fingerprint density at radius 3 is 2.65 bits per heavy atom. The summed E-state index contributed by atoms with van der Waals surface area (Å²) in [4.78, 5) is 24.9. The van der Waals surface area contributed by atoms with Gasteiger partial charge >= 0.3 is 13.7 Å². The van der Waals surface area contributed by atoms with Gasteiger partial charge in [-0.1, -0.05) is 11.6 Å². The number of nitrogen functional groups attached to an aromatic ring is 1. The van der Waals surface area contributed by atoms with Crippen molar-refractivity contribution in [2.75, 3.05) is 12.3 Å². The van der Waals surface area contributed by atoms with Crippen molar-refractivity contribution in [3.63, 3.8) is 0 Å². The Kier molecular flexibility index (Phi) is 8.44. The molecule has 1 aromatic carbocycles. The van der Waals surface area contributed by atoms with Crippen LogP contribution in [0.25, 0.3) is 11.2 Å². The molecule has 1 aliphatic rings. The lowest BCUT2D eigenvalue weighted by atomic mass is 9.96. The molecule has 1 saturated heterocycles. The van der Waals surface area contributed by atoms with Crippen molar-refractivity contribution >= 4 is 42.4 Å². The fraction of sp³-hybridized carbons (Fsp3) is 0.500. The molecule has 0 saturated carbocycles. The number of hydrogen-bond donors (Lipinski definition) is 4. The van der Waals surface area contributed by atoms with Crippen LogP contribution in [-0.2, 0) is 23.4 Å². The third kappa shape index (κ3) is 6.39. The lowest BCUT2D eigenvalue weighted by Gasteiger charge is -2.30. The zero-order valence-corrected chi connectivity index (χ0v) is 24.2. The molecule has 5 atom stereocenters. The first-order valence-corrected chi connectivity index (χ1v) is 14.2. The second-order valence-corrected chi connectivity index (χ2v) is 12.4. The molecule has 0 spiro atoms. The quantitative estimate of drug-likeness (QED) is 0.197. The first-order chi connectivity index (χ1) is 18.6. The van der Waals surface area contributed by atoms with Gasteiger partial charge in [-0.3, -0.25) is 13.9 Å². The maximum atomic E-state index is 14.0. The van der Waals surface area contributed by atoms with Crippen molar-refractivity contribution in [3.05, 3.63) is 41.8 Å². The molecule has 16 heteroatoms. The summed E-state index contributed by atoms with van der Waals surface area (Å²) in [6, 6.07) is 5.99. The Morgan fingerprint density at radius 1 is 1.32 bits per heavy atom. The van der Waals surface area contributed by atoms with Crippen LogP contribution in [0, 0.1) is 0 Å². The molecule has 1 aliphatic heterocycles. The molecular weight excluding hydrogens is 567 g/mol. The predicted octanol–water partition coefficient (Wildman–Crippen LogP) is 2.59. The van der Waals surface area contributed by atoms with E-state index in [0.29, 0.717) is 10.5 Å². The van der Waals surface area contributed by atoms with E-state index >= 15 is 0 Å². The maximum absolute atomic E-state index is 14.0. The topological polar surface area (TPSA) is 193 Å². The standard InChI is InChI=1S/C24H32ClN6O8P/c1-13(2)37-21(33)23(3,4)30-40(35,39-15-8-6-14(25)7-9-15)36-11-17-18(32)24(5,34)20(38-17)31-12-28-16-10-27-22(26)29-19(16)31/h6-10,12-13,17-18,20,32,34H,11H2,1-5H3,(H,30,35)(H2,26,27,29)/t17?,18-,20?,24-,40?/m1/s1. The molecule has 3 unspecified atom stereocenters. The monoisotopic (exact) mass is 598 g/mol. The zero-order valence-electron chi connectivity index (χ0n) is 22.5. The molecule has 40 heavy (non-hydrogen) atoms. The van der Waals surface area contributed by atoms with Gasteiger partial charge in [0, 0.05) is 5.02 Å². The van der Waals surface area contributed by atoms with E-state index in [2.05, 4.69) is 20.0 Å². The number of hydrogen-bond acceptors (Lipinski definition) is 12. The fourth-order valence-corrected chi connectivity index (χ4v) is 5.83. The van der Waals surface area contributed by atoms with Crippen LogP contribution in [0.5, 0.6) is 5.75 Å². The number of aliphatic hydroxyl groups excluding tert-OH is 1. The van der Waals surface area contributed by atoms with Gasteiger partial charge in [0.2, 0.25) is 5.95 Å². The van der Waals surface area contributed by atoms with Gasteiger partial charge < -0.3 is 29.9 Å². The smallest absolute Gasteiger partial charge is 0.459 e. The number of nitrogens with zero attached hydrogens (tertiary/aromatic N) is 4. The number of ether oxygens (including phenoxy) is 2. The molecule has 14 nitrogen and oxygen atoms in total. The molecular formula is C24H32ClN6O8P. The van der Waals surface area contributed by atoms with Gasteiger partial charge in [-0.05, 0) is 58.9 Å². The highest BCUT2D eigenvalue weighted by atomic mass is 35.5. The average Bonchev–Trinajstić information content (AvgIpc) is 3.36. The molecule has 5 N–H and O–H groups in total. The first-order valence-electron chi connectivity index (χ1n) is 12.3. The Morgan fingerprint density at radius 2 is 2.00 bits per heavy atom. The summed E-state index contributed by atoms with van der Waals surface area (Å²) in [6.45, 7) is 7.13. The summed E-state index contributed by atoms with van der Waals surface area (Å²) in [5.41, 5.74) is 3.02. The highest BCUT2D eigenvalue weighted by molar-refractivity contribution is 7.52. The second kappa shape index (κ2) is 11.2. The van der Waals surface area contributed by atoms with Crippen molar-refractivity contribution in [1.29, 1.82) is 0 Å². The Labute approximate surface area is 235 Å². The van der Waals surface area contributed by atoms with E-state index in [0.717, 1.165) is 0 Å². The number of aromatic nitrogens is 4. The van der Waals surface area contributed by atoms with Crippen LogP contribution in [-0.4, -0.2) is 71.8 Å². The number of nitrogens with one attached hydrogen (secondary N) is 1. The summed E-state index contributed by atoms with van der Waals surface area (Å²) in [5.74, 6) is -0.579. The van der Waals surface area contributed by atoms with Crippen molar-refractivity contribution in [3.8, 4) is 5.75 Å². The third-order valence-corrected chi connectivity index (χ3v) is 8.08. The largest absolute Gasteiger partial charge is 0.462 e. The minimum atomic E-state index is -4.34. The highest BCUT2D eigenvalue weighted by Crippen LogP contribution is 2.48. The van der Waals surface area contributed by atoms with Crippen LogP contribution < -0.4 is 15.3 Å². The third-order valence-electron chi connectivity index (χ3n) is 6.06. The summed E-state index contributed by atoms with van der Waals surface area (Å²) < 4.78 is 38.0. The number of esters is 1. The zero-order chi connectivity index (χ0) is 29.5. The highest BCUT2D eigenvalue weighted by Gasteiger charge is 2.54. The van der Waals surface area contributed by atoms with E-state index in [1.807, 2.05) is 0 Å². The van der Waals surface area contributed by atoms with Gasteiger partial charge in [0.05, 0.1) is 25.2 Å². The maximum Gasteiger partial charge on any atom is 0.459 e. The Hall–Kier alpha value is -2.84. The van der Waals surface area contributed by atoms with Crippen LogP contribution in [0.15, 0.2) is 36.8 Å². The molecule has 0 aliphatic carbocycles. The number of nitrogens with two attached hydrogens (primary N) is 1. The molecule has 0 bridgehead atoms. The SMILES string of the molecule is CC(C)OC(=O)C(C)(C)NP(=O)(OCC1OC(n2cnc3cnc(N)nc32)[C@](C)(O)[C@@H]1O)Oc1ccc(Cl)cc1. The van der Waals surface area contributed by atoms with Crippen LogP contribution in [0.2, 0.25) is 5.02 Å². The van der Waals surface area contributed by atoms with Crippen molar-refractivity contribution in [2.45, 2.75) is 70.3 Å². The van der Waals surface area contributed by atoms with E-state index in [-0.39, 0.29) is 17.3 Å². The lowest BCUT2D eigenvalue weighted by molar-refractivity contribution is -0.153. The van der Waals surface area contributed by atoms with Gasteiger partial charge in [0.15, 0.2) is 11.9 Å². The number of rotatable bonds is 10. The molecule has 3 heterocycles. The average molecular weight is 599 g/mol. The summed E-state index contributed by atoms with van der Waals surface area (Å²) >= 11 is 5.95. The van der Waals surface area contributed by atoms with Gasteiger partial charge in [-0.25, -0.2) is 14.5 Å². The molecule has 218 valence electrons. The summed E-state index contributed by atoms with van der Waals surface area (Å²) in [5, 5.41) is 25.2. The minimum Gasteiger partial charge on any atom is -0.462 e. The number of benzene rings is 1. The number of imidazole rings is 1. The number of anilines is 1. The van der Waals surface area contributed by atoms with Crippen LogP contribution in [0.4, 0.5) is 5.95 Å². The van der Waals surface area contributed by atoms with E-state index in [1.54, 1.807) is 13.8 Å². The fourth-order valence-electron chi connectivity index (χ4n) is 4.03. The summed E-state index contributed by atoms with van der Waals surface area (Å²) in [6.07, 6.45) is -1.50. The predicted molar refractivity (Wildman–Crippen MR) is 144 cm³/mol. The number of aliphatic hydroxyl groups is 2. The summed E-state index contributed by atoms with van der Waals surface area (Å²) in [7, 11) is -4.34. The van der Waals surface area contributed by atoms with Gasteiger partial charge in [-0.15, -0.1) is 0 Å². The molecule has 0 radical (unpaired) electrons. The van der Waals surface area contributed by atoms with Crippen LogP contribution in [0.1, 0.15) is 40.8 Å². The van der Waals surface area contributed by atoms with Crippen molar-refractivity contribution < 1.29 is 38.1 Å². The number of halogens is 1. The molecule has 4 rings (SSSR count). The van der Waals surface area contributed by atoms with Gasteiger partial charge in [0.25, 0.3) is 0 Å². The first kappa shape index (κ1) is 30.1. The van der Waals surface area contributed by atoms with E-state index < -0.39 is 56.0 Å². The molecule has 2 aromatic heterocycles. The normalized spacial score (nSPS) is 24.8. The lowest BCUT2D eigenvalue weighted by Crippen LogP contribution is -2.48. The van der Waals surface area contributed by atoms with E-state index in [4.69, 9.17) is 35.9 Å². The Balaban J connectivity index is 1.57. The number of fused-ring (bicyclic) bond motifs is 1. The van der Waals surface area contributed by atoms with Crippen LogP contribution in [0.3, 0.4) is 0 Å². The van der Waals surface area contributed by atoms with Gasteiger partial charge in [0.1, 0.15) is 34.6 Å². The van der Waals surface area contributed by atoms with Crippen molar-refractivity contribution in [2.24, 2.45) is 0 Å². The number of carbonyl (C=O) groups excluding carboxylic acids is 1. The Bertz CT molecular complexity index is 1420. The van der Waals surface area contributed by atoms with Crippen LogP contribution >= 0.6 is 19.3 Å². The second-order valence-electron chi connectivity index (χ2n) is 10.3. The molecule has 3 aromatic rings. The molecule has 0 amide bonds. The number of carbonyl (C=O) groups is 1. The molecule has 1 fully saturated rings.